The second-order valence-corrected chi connectivity index (χ2v) is 9.60. The summed E-state index contributed by atoms with van der Waals surface area (Å²) >= 11 is 7.99. The van der Waals surface area contributed by atoms with E-state index < -0.39 is 0 Å². The normalized spacial score (nSPS) is 13.6. The molecular weight excluding hydrogens is 424 g/mol. The average Bonchev–Trinajstić information content (AvgIpc) is 2.80. The van der Waals surface area contributed by atoms with E-state index in [-0.39, 0.29) is 5.41 Å². The van der Waals surface area contributed by atoms with Crippen LogP contribution < -0.4 is 4.90 Å². The highest BCUT2D eigenvalue weighted by Crippen LogP contribution is 2.36. The summed E-state index contributed by atoms with van der Waals surface area (Å²) in [5, 5.41) is 10.9. The molecule has 1 aliphatic heterocycles. The summed E-state index contributed by atoms with van der Waals surface area (Å²) < 4.78 is 0. The Morgan fingerprint density at radius 2 is 1.90 bits per heavy atom. The van der Waals surface area contributed by atoms with Crippen molar-refractivity contribution >= 4 is 29.1 Å². The molecule has 4 rings (SSSR count). The maximum atomic E-state index is 9.46. The van der Waals surface area contributed by atoms with Gasteiger partial charge in [0.15, 0.2) is 5.16 Å². The molecule has 31 heavy (non-hydrogen) atoms. The second kappa shape index (κ2) is 8.53. The van der Waals surface area contributed by atoms with Crippen molar-refractivity contribution in [1.29, 1.82) is 5.26 Å². The van der Waals surface area contributed by atoms with E-state index in [4.69, 9.17) is 16.6 Å². The van der Waals surface area contributed by atoms with Gasteiger partial charge in [-0.05, 0) is 66.1 Å². The Balaban J connectivity index is 1.60. The van der Waals surface area contributed by atoms with Gasteiger partial charge in [0, 0.05) is 28.9 Å². The van der Waals surface area contributed by atoms with Gasteiger partial charge in [-0.25, -0.2) is 9.97 Å². The Morgan fingerprint density at radius 1 is 1.16 bits per heavy atom. The van der Waals surface area contributed by atoms with Gasteiger partial charge in [-0.1, -0.05) is 49.3 Å². The van der Waals surface area contributed by atoms with E-state index in [1.54, 1.807) is 11.8 Å². The van der Waals surface area contributed by atoms with Crippen molar-refractivity contribution in [2.75, 3.05) is 17.7 Å². The molecule has 0 amide bonds. The fourth-order valence-electron chi connectivity index (χ4n) is 4.01. The SMILES string of the molecule is CSc1ncc2c(n1)CN(c1ccc(C(C)(C)c3cc(Cl)c(C)c(C#N)c3)cc1)CC2. The van der Waals surface area contributed by atoms with Gasteiger partial charge in [-0.15, -0.1) is 0 Å². The van der Waals surface area contributed by atoms with Crippen LogP contribution in [0.5, 0.6) is 0 Å². The maximum Gasteiger partial charge on any atom is 0.187 e. The summed E-state index contributed by atoms with van der Waals surface area (Å²) in [6, 6.07) is 14.9. The van der Waals surface area contributed by atoms with Gasteiger partial charge in [0.25, 0.3) is 0 Å². The standard InChI is InChI=1S/C25H25ClN4S/c1-16-18(13-27)11-20(12-22(16)26)25(2,3)19-5-7-21(8-6-19)30-10-9-17-14-28-24(31-4)29-23(17)15-30/h5-8,11-12,14H,9-10,15H2,1-4H3. The lowest BCUT2D eigenvalue weighted by Gasteiger charge is -2.31. The number of rotatable bonds is 4. The first-order chi connectivity index (χ1) is 14.8. The zero-order chi connectivity index (χ0) is 22.2. The van der Waals surface area contributed by atoms with Gasteiger partial charge >= 0.3 is 0 Å². The number of aromatic nitrogens is 2. The van der Waals surface area contributed by atoms with E-state index in [2.05, 4.69) is 54.1 Å². The van der Waals surface area contributed by atoms with Crippen molar-refractivity contribution < 1.29 is 0 Å². The molecule has 2 aromatic carbocycles. The molecule has 0 aliphatic carbocycles. The Hall–Kier alpha value is -2.55. The van der Waals surface area contributed by atoms with Crippen LogP contribution in [0, 0.1) is 18.3 Å². The molecule has 0 bridgehead atoms. The molecule has 0 saturated heterocycles. The zero-order valence-electron chi connectivity index (χ0n) is 18.2. The molecule has 0 atom stereocenters. The number of anilines is 1. The minimum Gasteiger partial charge on any atom is -0.365 e. The summed E-state index contributed by atoms with van der Waals surface area (Å²) in [6.07, 6.45) is 4.93. The Morgan fingerprint density at radius 3 is 2.58 bits per heavy atom. The fourth-order valence-corrected chi connectivity index (χ4v) is 4.59. The number of hydrogen-bond acceptors (Lipinski definition) is 5. The lowest BCUT2D eigenvalue weighted by Crippen LogP contribution is -2.31. The van der Waals surface area contributed by atoms with Crippen LogP contribution >= 0.6 is 23.4 Å². The fraction of sp³-hybridized carbons (Fsp3) is 0.320. The third-order valence-electron chi connectivity index (χ3n) is 6.25. The topological polar surface area (TPSA) is 52.8 Å². The number of halogens is 1. The van der Waals surface area contributed by atoms with Crippen molar-refractivity contribution in [1.82, 2.24) is 9.97 Å². The minimum atomic E-state index is -0.267. The number of nitriles is 1. The number of fused-ring (bicyclic) bond motifs is 1. The van der Waals surface area contributed by atoms with Crippen LogP contribution in [0.15, 0.2) is 47.8 Å². The van der Waals surface area contributed by atoms with Gasteiger partial charge in [-0.2, -0.15) is 5.26 Å². The molecule has 0 radical (unpaired) electrons. The third-order valence-corrected chi connectivity index (χ3v) is 7.20. The monoisotopic (exact) mass is 448 g/mol. The summed E-state index contributed by atoms with van der Waals surface area (Å²) in [5.41, 5.74) is 6.98. The molecule has 0 unspecified atom stereocenters. The molecule has 0 spiro atoms. The smallest absolute Gasteiger partial charge is 0.187 e. The second-order valence-electron chi connectivity index (χ2n) is 8.41. The summed E-state index contributed by atoms with van der Waals surface area (Å²) in [7, 11) is 0. The molecule has 158 valence electrons. The first-order valence-corrected chi connectivity index (χ1v) is 11.9. The third kappa shape index (κ3) is 4.15. The Labute approximate surface area is 193 Å². The van der Waals surface area contributed by atoms with Crippen LogP contribution in [0.25, 0.3) is 0 Å². The van der Waals surface area contributed by atoms with E-state index in [0.29, 0.717) is 10.6 Å². The van der Waals surface area contributed by atoms with Crippen LogP contribution in [0.2, 0.25) is 5.02 Å². The number of hydrogen-bond donors (Lipinski definition) is 0. The van der Waals surface area contributed by atoms with E-state index in [0.717, 1.165) is 41.5 Å². The number of benzene rings is 2. The van der Waals surface area contributed by atoms with Crippen LogP contribution in [-0.2, 0) is 18.4 Å². The van der Waals surface area contributed by atoms with E-state index in [1.807, 2.05) is 31.5 Å². The van der Waals surface area contributed by atoms with Crippen molar-refractivity contribution in [2.45, 2.75) is 44.3 Å². The first kappa shape index (κ1) is 21.7. The van der Waals surface area contributed by atoms with Crippen molar-refractivity contribution in [3.63, 3.8) is 0 Å². The molecular formula is C25H25ClN4S. The van der Waals surface area contributed by atoms with Gasteiger partial charge < -0.3 is 4.90 Å². The highest BCUT2D eigenvalue weighted by molar-refractivity contribution is 7.98. The lowest BCUT2D eigenvalue weighted by molar-refractivity contribution is 0.639. The maximum absolute atomic E-state index is 9.46. The molecule has 4 nitrogen and oxygen atoms in total. The molecule has 3 aromatic rings. The number of thioether (sulfide) groups is 1. The molecule has 0 N–H and O–H groups in total. The minimum absolute atomic E-state index is 0.267. The molecule has 0 saturated carbocycles. The van der Waals surface area contributed by atoms with E-state index in [1.165, 1.54) is 16.8 Å². The molecule has 2 heterocycles. The van der Waals surface area contributed by atoms with Crippen molar-refractivity contribution in [3.05, 3.63) is 81.1 Å². The Kier molecular flexibility index (Phi) is 5.96. The summed E-state index contributed by atoms with van der Waals surface area (Å²) in [5.74, 6) is 0. The van der Waals surface area contributed by atoms with Crippen LogP contribution in [0.1, 0.15) is 47.4 Å². The van der Waals surface area contributed by atoms with Gasteiger partial charge in [0.2, 0.25) is 0 Å². The van der Waals surface area contributed by atoms with Crippen LogP contribution in [0.4, 0.5) is 5.69 Å². The predicted molar refractivity (Wildman–Crippen MR) is 128 cm³/mol. The van der Waals surface area contributed by atoms with E-state index in [9.17, 15) is 5.26 Å². The van der Waals surface area contributed by atoms with Gasteiger partial charge in [-0.3, -0.25) is 0 Å². The Bertz CT molecular complexity index is 1170. The molecule has 6 heteroatoms. The molecule has 0 fully saturated rings. The number of nitrogens with zero attached hydrogens (tertiary/aromatic N) is 4. The van der Waals surface area contributed by atoms with Crippen LogP contribution in [-0.4, -0.2) is 22.8 Å². The first-order valence-electron chi connectivity index (χ1n) is 10.3. The largest absolute Gasteiger partial charge is 0.365 e. The van der Waals surface area contributed by atoms with Crippen molar-refractivity contribution in [2.24, 2.45) is 0 Å². The van der Waals surface area contributed by atoms with Gasteiger partial charge in [0.1, 0.15) is 0 Å². The quantitative estimate of drug-likeness (QED) is 0.366. The van der Waals surface area contributed by atoms with E-state index >= 15 is 0 Å². The average molecular weight is 449 g/mol. The van der Waals surface area contributed by atoms with Crippen LogP contribution in [0.3, 0.4) is 0 Å². The predicted octanol–water partition coefficient (Wildman–Crippen LogP) is 5.92. The highest BCUT2D eigenvalue weighted by Gasteiger charge is 2.26. The summed E-state index contributed by atoms with van der Waals surface area (Å²) in [6.45, 7) is 7.98. The molecule has 1 aromatic heterocycles. The van der Waals surface area contributed by atoms with Crippen molar-refractivity contribution in [3.8, 4) is 6.07 Å². The lowest BCUT2D eigenvalue weighted by atomic mass is 9.77. The van der Waals surface area contributed by atoms with Gasteiger partial charge in [0.05, 0.1) is 23.9 Å². The molecule has 1 aliphatic rings. The highest BCUT2D eigenvalue weighted by atomic mass is 35.5. The zero-order valence-corrected chi connectivity index (χ0v) is 19.8. The summed E-state index contributed by atoms with van der Waals surface area (Å²) in [4.78, 5) is 11.5.